The molecule has 1 aliphatic heterocycles. The van der Waals surface area contributed by atoms with Crippen molar-refractivity contribution >= 4 is 23.2 Å². The molecule has 0 aliphatic carbocycles. The number of amides is 2. The van der Waals surface area contributed by atoms with Gasteiger partial charge in [-0.05, 0) is 24.3 Å². The Labute approximate surface area is 131 Å². The number of rotatable bonds is 4. The van der Waals surface area contributed by atoms with Gasteiger partial charge in [-0.1, -0.05) is 17.6 Å². The van der Waals surface area contributed by atoms with Crippen LogP contribution < -0.4 is 10.6 Å². The molecular formula is C14H16N4O3S. The number of hydrogen-bond donors (Lipinski definition) is 2. The molecule has 3 rings (SSSR count). The fraction of sp³-hybridized carbons (Fsp3) is 0.429. The van der Waals surface area contributed by atoms with Gasteiger partial charge in [0.15, 0.2) is 5.82 Å². The molecule has 2 aromatic rings. The van der Waals surface area contributed by atoms with Crippen molar-refractivity contribution in [3.8, 4) is 10.8 Å². The molecule has 0 saturated carbocycles. The van der Waals surface area contributed by atoms with Crippen LogP contribution in [0.3, 0.4) is 0 Å². The highest BCUT2D eigenvalue weighted by molar-refractivity contribution is 7.13. The van der Waals surface area contributed by atoms with E-state index in [4.69, 9.17) is 4.52 Å². The van der Waals surface area contributed by atoms with Crippen molar-refractivity contribution in [2.24, 2.45) is 0 Å². The van der Waals surface area contributed by atoms with Crippen LogP contribution in [0, 0.1) is 0 Å². The summed E-state index contributed by atoms with van der Waals surface area (Å²) in [6, 6.07) is 3.32. The van der Waals surface area contributed by atoms with Crippen LogP contribution in [-0.2, 0) is 16.1 Å². The molecule has 2 amide bonds. The lowest BCUT2D eigenvalue weighted by atomic mass is 10.1. The highest BCUT2D eigenvalue weighted by Gasteiger charge is 2.23. The Morgan fingerprint density at radius 3 is 3.23 bits per heavy atom. The van der Waals surface area contributed by atoms with Crippen molar-refractivity contribution in [2.75, 3.05) is 0 Å². The lowest BCUT2D eigenvalue weighted by molar-refractivity contribution is -0.128. The van der Waals surface area contributed by atoms with Crippen LogP contribution in [-0.4, -0.2) is 28.0 Å². The Morgan fingerprint density at radius 2 is 2.41 bits per heavy atom. The van der Waals surface area contributed by atoms with Crippen molar-refractivity contribution in [1.29, 1.82) is 0 Å². The van der Waals surface area contributed by atoms with Crippen LogP contribution in [0.15, 0.2) is 22.0 Å². The Hall–Kier alpha value is -2.22. The predicted molar refractivity (Wildman–Crippen MR) is 79.9 cm³/mol. The molecule has 1 saturated heterocycles. The van der Waals surface area contributed by atoms with Crippen molar-refractivity contribution in [1.82, 2.24) is 20.8 Å². The molecule has 2 N–H and O–H groups in total. The summed E-state index contributed by atoms with van der Waals surface area (Å²) in [7, 11) is 0. The van der Waals surface area contributed by atoms with Gasteiger partial charge < -0.3 is 15.2 Å². The lowest BCUT2D eigenvalue weighted by Gasteiger charge is -2.14. The van der Waals surface area contributed by atoms with Crippen molar-refractivity contribution < 1.29 is 14.1 Å². The zero-order valence-electron chi connectivity index (χ0n) is 11.9. The van der Waals surface area contributed by atoms with Crippen LogP contribution in [0.25, 0.3) is 10.8 Å². The molecule has 0 spiro atoms. The molecule has 8 heteroatoms. The van der Waals surface area contributed by atoms with Gasteiger partial charge in [0, 0.05) is 6.42 Å². The standard InChI is InChI=1S/C14H16N4O3S/c19-12-6-2-1-4-9(16-12)13(20)15-8-11-17-14(21-18-11)10-5-3-7-22-10/h3,5,7,9H,1-2,4,6,8H2,(H,15,20)(H,16,19). The first-order chi connectivity index (χ1) is 10.7. The molecule has 0 radical (unpaired) electrons. The monoisotopic (exact) mass is 320 g/mol. The first kappa shape index (κ1) is 14.7. The van der Waals surface area contributed by atoms with E-state index in [0.29, 0.717) is 24.6 Å². The number of nitrogens with zero attached hydrogens (tertiary/aromatic N) is 2. The van der Waals surface area contributed by atoms with Crippen molar-refractivity contribution in [2.45, 2.75) is 38.3 Å². The summed E-state index contributed by atoms with van der Waals surface area (Å²) in [4.78, 5) is 28.7. The third-order valence-corrected chi connectivity index (χ3v) is 4.28. The van der Waals surface area contributed by atoms with Gasteiger partial charge in [-0.25, -0.2) is 0 Å². The van der Waals surface area contributed by atoms with Crippen molar-refractivity contribution in [3.05, 3.63) is 23.3 Å². The summed E-state index contributed by atoms with van der Waals surface area (Å²) >= 11 is 1.51. The van der Waals surface area contributed by atoms with E-state index < -0.39 is 6.04 Å². The second kappa shape index (κ2) is 6.69. The number of carbonyl (C=O) groups excluding carboxylic acids is 2. The second-order valence-electron chi connectivity index (χ2n) is 5.08. The maximum absolute atomic E-state index is 12.1. The Balaban J connectivity index is 1.55. The van der Waals surface area contributed by atoms with Crippen LogP contribution in [0.2, 0.25) is 0 Å². The average Bonchev–Trinajstić information content (AvgIpc) is 3.14. The quantitative estimate of drug-likeness (QED) is 0.889. The summed E-state index contributed by atoms with van der Waals surface area (Å²) in [5, 5.41) is 11.2. The molecule has 1 aliphatic rings. The molecule has 1 unspecified atom stereocenters. The predicted octanol–water partition coefficient (Wildman–Crippen LogP) is 1.47. The Bertz CT molecular complexity index is 653. The lowest BCUT2D eigenvalue weighted by Crippen LogP contribution is -2.45. The van der Waals surface area contributed by atoms with Gasteiger partial charge in [0.25, 0.3) is 5.89 Å². The van der Waals surface area contributed by atoms with Gasteiger partial charge >= 0.3 is 0 Å². The maximum Gasteiger partial charge on any atom is 0.268 e. The van der Waals surface area contributed by atoms with Gasteiger partial charge in [-0.2, -0.15) is 4.98 Å². The summed E-state index contributed by atoms with van der Waals surface area (Å²) in [5.74, 6) is 0.577. The van der Waals surface area contributed by atoms with Crippen LogP contribution >= 0.6 is 11.3 Å². The first-order valence-electron chi connectivity index (χ1n) is 7.16. The van der Waals surface area contributed by atoms with Gasteiger partial charge in [0.2, 0.25) is 11.8 Å². The molecule has 0 aromatic carbocycles. The van der Waals surface area contributed by atoms with E-state index in [9.17, 15) is 9.59 Å². The highest BCUT2D eigenvalue weighted by Crippen LogP contribution is 2.22. The molecule has 7 nitrogen and oxygen atoms in total. The van der Waals surface area contributed by atoms with Crippen molar-refractivity contribution in [3.63, 3.8) is 0 Å². The zero-order chi connectivity index (χ0) is 15.4. The van der Waals surface area contributed by atoms with E-state index in [1.165, 1.54) is 11.3 Å². The summed E-state index contributed by atoms with van der Waals surface area (Å²) in [6.07, 6.45) is 2.83. The molecule has 1 fully saturated rings. The number of hydrogen-bond acceptors (Lipinski definition) is 6. The molecule has 22 heavy (non-hydrogen) atoms. The fourth-order valence-corrected chi connectivity index (χ4v) is 2.93. The minimum Gasteiger partial charge on any atom is -0.347 e. The SMILES string of the molecule is O=C1CCCCC(C(=O)NCc2noc(-c3cccs3)n2)N1. The summed E-state index contributed by atoms with van der Waals surface area (Å²) in [6.45, 7) is 0.181. The van der Waals surface area contributed by atoms with Crippen LogP contribution in [0.5, 0.6) is 0 Å². The average molecular weight is 320 g/mol. The fourth-order valence-electron chi connectivity index (χ4n) is 2.28. The number of carbonyl (C=O) groups is 2. The van der Waals surface area contributed by atoms with E-state index in [0.717, 1.165) is 17.7 Å². The minimum absolute atomic E-state index is 0.0720. The normalized spacial score (nSPS) is 18.5. The van der Waals surface area contributed by atoms with Crippen LogP contribution in [0.4, 0.5) is 0 Å². The smallest absolute Gasteiger partial charge is 0.268 e. The summed E-state index contributed by atoms with van der Waals surface area (Å²) in [5.41, 5.74) is 0. The highest BCUT2D eigenvalue weighted by atomic mass is 32.1. The van der Waals surface area contributed by atoms with Gasteiger partial charge in [0.05, 0.1) is 11.4 Å². The Morgan fingerprint density at radius 1 is 1.50 bits per heavy atom. The summed E-state index contributed by atoms with van der Waals surface area (Å²) < 4.78 is 5.15. The van der Waals surface area contributed by atoms with E-state index in [1.807, 2.05) is 17.5 Å². The maximum atomic E-state index is 12.1. The number of thiophene rings is 1. The zero-order valence-corrected chi connectivity index (χ0v) is 12.7. The first-order valence-corrected chi connectivity index (χ1v) is 8.04. The van der Waals surface area contributed by atoms with E-state index in [1.54, 1.807) is 0 Å². The number of aromatic nitrogens is 2. The van der Waals surface area contributed by atoms with E-state index in [-0.39, 0.29) is 18.4 Å². The third-order valence-electron chi connectivity index (χ3n) is 3.42. The Kier molecular flexibility index (Phi) is 4.47. The molecular weight excluding hydrogens is 304 g/mol. The number of nitrogens with one attached hydrogen (secondary N) is 2. The second-order valence-corrected chi connectivity index (χ2v) is 6.02. The van der Waals surface area contributed by atoms with Gasteiger partial charge in [-0.15, -0.1) is 11.3 Å². The molecule has 2 aromatic heterocycles. The van der Waals surface area contributed by atoms with Gasteiger partial charge in [-0.3, -0.25) is 9.59 Å². The van der Waals surface area contributed by atoms with E-state index in [2.05, 4.69) is 20.8 Å². The molecule has 116 valence electrons. The van der Waals surface area contributed by atoms with Gasteiger partial charge in [0.1, 0.15) is 6.04 Å². The molecule has 1 atom stereocenters. The molecule has 3 heterocycles. The largest absolute Gasteiger partial charge is 0.347 e. The van der Waals surface area contributed by atoms with Crippen LogP contribution in [0.1, 0.15) is 31.5 Å². The minimum atomic E-state index is -0.473. The topological polar surface area (TPSA) is 97.1 Å². The molecule has 0 bridgehead atoms. The van der Waals surface area contributed by atoms with E-state index >= 15 is 0 Å². The third kappa shape index (κ3) is 3.51.